The minimum Gasteiger partial charge on any atom is -0.461 e. The average Bonchev–Trinajstić information content (AvgIpc) is 2.72. The Morgan fingerprint density at radius 1 is 1.03 bits per heavy atom. The van der Waals surface area contributed by atoms with Gasteiger partial charge in [-0.25, -0.2) is 12.8 Å². The summed E-state index contributed by atoms with van der Waals surface area (Å²) < 4.78 is 44.9. The standard InChI is InChI=1S/C20H21FN2O5S/c21-17-5-7-18(8-6-17)29(26,27)23-11-9-16(10-12-23)20(25)28-13-14-1-3-15(4-2-14)19(22)24/h1-8,16H,9-13H2,(H2,22,24). The lowest BCUT2D eigenvalue weighted by molar-refractivity contribution is -0.151. The number of hydrogen-bond donors (Lipinski definition) is 1. The van der Waals surface area contributed by atoms with Gasteiger partial charge in [-0.3, -0.25) is 9.59 Å². The van der Waals surface area contributed by atoms with Crippen molar-refractivity contribution in [2.24, 2.45) is 11.7 Å². The summed E-state index contributed by atoms with van der Waals surface area (Å²) >= 11 is 0. The van der Waals surface area contributed by atoms with Crippen molar-refractivity contribution in [1.82, 2.24) is 4.31 Å². The molecule has 0 aromatic heterocycles. The van der Waals surface area contributed by atoms with E-state index in [1.165, 1.54) is 16.4 Å². The zero-order valence-electron chi connectivity index (χ0n) is 15.6. The second-order valence-corrected chi connectivity index (χ2v) is 8.74. The fourth-order valence-corrected chi connectivity index (χ4v) is 4.59. The third-order valence-electron chi connectivity index (χ3n) is 4.86. The maximum atomic E-state index is 13.0. The van der Waals surface area contributed by atoms with Crippen LogP contribution < -0.4 is 5.73 Å². The first kappa shape index (κ1) is 20.9. The largest absolute Gasteiger partial charge is 0.461 e. The van der Waals surface area contributed by atoms with Crippen LogP contribution >= 0.6 is 0 Å². The van der Waals surface area contributed by atoms with E-state index in [0.29, 0.717) is 18.4 Å². The van der Waals surface area contributed by atoms with Gasteiger partial charge in [-0.1, -0.05) is 12.1 Å². The average molecular weight is 420 g/mol. The zero-order chi connectivity index (χ0) is 21.0. The van der Waals surface area contributed by atoms with Crippen molar-refractivity contribution >= 4 is 21.9 Å². The molecule has 1 aliphatic rings. The summed E-state index contributed by atoms with van der Waals surface area (Å²) in [4.78, 5) is 23.4. The van der Waals surface area contributed by atoms with E-state index in [1.807, 2.05) is 0 Å². The molecule has 0 unspecified atom stereocenters. The maximum Gasteiger partial charge on any atom is 0.309 e. The first-order valence-corrected chi connectivity index (χ1v) is 10.5. The number of carbonyl (C=O) groups is 2. The number of nitrogens with two attached hydrogens (primary N) is 1. The van der Waals surface area contributed by atoms with Gasteiger partial charge in [0.1, 0.15) is 12.4 Å². The van der Waals surface area contributed by atoms with Crippen molar-refractivity contribution in [3.8, 4) is 0 Å². The number of rotatable bonds is 6. The van der Waals surface area contributed by atoms with Gasteiger partial charge in [0, 0.05) is 18.7 Å². The number of esters is 1. The second-order valence-electron chi connectivity index (χ2n) is 6.80. The molecule has 0 saturated carbocycles. The van der Waals surface area contributed by atoms with E-state index >= 15 is 0 Å². The quantitative estimate of drug-likeness (QED) is 0.720. The molecule has 2 N–H and O–H groups in total. The Bertz CT molecular complexity index is 983. The lowest BCUT2D eigenvalue weighted by Gasteiger charge is -2.30. The van der Waals surface area contributed by atoms with Crippen molar-refractivity contribution in [3.05, 3.63) is 65.5 Å². The molecule has 0 radical (unpaired) electrons. The van der Waals surface area contributed by atoms with Gasteiger partial charge in [0.2, 0.25) is 15.9 Å². The Kier molecular flexibility index (Phi) is 6.29. The molecule has 2 aromatic carbocycles. The molecular formula is C20H21FN2O5S. The van der Waals surface area contributed by atoms with Crippen molar-refractivity contribution in [2.45, 2.75) is 24.3 Å². The van der Waals surface area contributed by atoms with Crippen LogP contribution in [0.1, 0.15) is 28.8 Å². The summed E-state index contributed by atoms with van der Waals surface area (Å²) in [6.07, 6.45) is 0.694. The molecular weight excluding hydrogens is 399 g/mol. The molecule has 1 aliphatic heterocycles. The first-order valence-electron chi connectivity index (χ1n) is 9.08. The lowest BCUT2D eigenvalue weighted by Crippen LogP contribution is -2.40. The summed E-state index contributed by atoms with van der Waals surface area (Å²) in [5, 5.41) is 0. The Hall–Kier alpha value is -2.78. The van der Waals surface area contributed by atoms with Crippen molar-refractivity contribution in [1.29, 1.82) is 0 Å². The fourth-order valence-electron chi connectivity index (χ4n) is 3.13. The minimum absolute atomic E-state index is 0.0272. The molecule has 3 rings (SSSR count). The highest BCUT2D eigenvalue weighted by atomic mass is 32.2. The number of carbonyl (C=O) groups excluding carboxylic acids is 2. The number of amides is 1. The van der Waals surface area contributed by atoms with Crippen LogP contribution in [0.4, 0.5) is 4.39 Å². The summed E-state index contributed by atoms with van der Waals surface area (Å²) in [6, 6.07) is 11.1. The van der Waals surface area contributed by atoms with Crippen LogP contribution in [0.3, 0.4) is 0 Å². The number of halogens is 1. The summed E-state index contributed by atoms with van der Waals surface area (Å²) in [7, 11) is -3.72. The van der Waals surface area contributed by atoms with Crippen LogP contribution in [0.15, 0.2) is 53.4 Å². The van der Waals surface area contributed by atoms with Crippen LogP contribution in [0.25, 0.3) is 0 Å². The third kappa shape index (κ3) is 4.99. The molecule has 1 saturated heterocycles. The third-order valence-corrected chi connectivity index (χ3v) is 6.77. The van der Waals surface area contributed by atoms with E-state index < -0.39 is 21.7 Å². The molecule has 7 nitrogen and oxygen atoms in total. The maximum absolute atomic E-state index is 13.0. The highest BCUT2D eigenvalue weighted by molar-refractivity contribution is 7.89. The molecule has 1 fully saturated rings. The van der Waals surface area contributed by atoms with Crippen LogP contribution in [-0.2, 0) is 26.2 Å². The number of piperidine rings is 1. The number of primary amides is 1. The van der Waals surface area contributed by atoms with Gasteiger partial charge in [0.25, 0.3) is 0 Å². The van der Waals surface area contributed by atoms with Crippen molar-refractivity contribution in [3.63, 3.8) is 0 Å². The van der Waals surface area contributed by atoms with Gasteiger partial charge in [-0.15, -0.1) is 0 Å². The van der Waals surface area contributed by atoms with Gasteiger partial charge in [-0.2, -0.15) is 4.31 Å². The highest BCUT2D eigenvalue weighted by Crippen LogP contribution is 2.25. The monoisotopic (exact) mass is 420 g/mol. The summed E-state index contributed by atoms with van der Waals surface area (Å²) in [5.41, 5.74) is 6.27. The Balaban J connectivity index is 1.52. The van der Waals surface area contributed by atoms with Crippen LogP contribution in [0, 0.1) is 11.7 Å². The molecule has 0 spiro atoms. The SMILES string of the molecule is NC(=O)c1ccc(COC(=O)C2CCN(S(=O)(=O)c3ccc(F)cc3)CC2)cc1. The molecule has 9 heteroatoms. The molecule has 0 bridgehead atoms. The number of sulfonamides is 1. The normalized spacial score (nSPS) is 15.8. The van der Waals surface area contributed by atoms with Crippen LogP contribution in [0.5, 0.6) is 0 Å². The predicted molar refractivity (Wildman–Crippen MR) is 103 cm³/mol. The topological polar surface area (TPSA) is 107 Å². The van der Waals surface area contributed by atoms with Crippen LogP contribution in [0.2, 0.25) is 0 Å². The van der Waals surface area contributed by atoms with E-state index in [9.17, 15) is 22.4 Å². The highest BCUT2D eigenvalue weighted by Gasteiger charge is 2.32. The van der Waals surface area contributed by atoms with Gasteiger partial charge >= 0.3 is 5.97 Å². The van der Waals surface area contributed by atoms with E-state index in [4.69, 9.17) is 10.5 Å². The lowest BCUT2D eigenvalue weighted by atomic mass is 9.98. The molecule has 1 heterocycles. The Morgan fingerprint density at radius 2 is 1.62 bits per heavy atom. The van der Waals surface area contributed by atoms with E-state index in [1.54, 1.807) is 24.3 Å². The summed E-state index contributed by atoms with van der Waals surface area (Å²) in [6.45, 7) is 0.436. The zero-order valence-corrected chi connectivity index (χ0v) is 16.4. The first-order chi connectivity index (χ1) is 13.8. The van der Waals surface area contributed by atoms with Gasteiger partial charge in [0.05, 0.1) is 10.8 Å². The number of benzene rings is 2. The fraction of sp³-hybridized carbons (Fsp3) is 0.300. The van der Waals surface area contributed by atoms with E-state index in [2.05, 4.69) is 0 Å². The smallest absolute Gasteiger partial charge is 0.309 e. The summed E-state index contributed by atoms with van der Waals surface area (Å²) in [5.74, 6) is -1.81. The predicted octanol–water partition coefficient (Wildman–Crippen LogP) is 2.07. The Morgan fingerprint density at radius 3 is 2.17 bits per heavy atom. The minimum atomic E-state index is -3.72. The second kappa shape index (κ2) is 8.71. The molecule has 1 amide bonds. The van der Waals surface area contributed by atoms with E-state index in [-0.39, 0.29) is 36.5 Å². The molecule has 0 atom stereocenters. The number of ether oxygens (including phenoxy) is 1. The molecule has 2 aromatic rings. The van der Waals surface area contributed by atoms with Gasteiger partial charge < -0.3 is 10.5 Å². The molecule has 29 heavy (non-hydrogen) atoms. The van der Waals surface area contributed by atoms with Crippen LogP contribution in [-0.4, -0.2) is 37.7 Å². The molecule has 0 aliphatic carbocycles. The number of hydrogen-bond acceptors (Lipinski definition) is 5. The van der Waals surface area contributed by atoms with Crippen molar-refractivity contribution in [2.75, 3.05) is 13.1 Å². The van der Waals surface area contributed by atoms with E-state index in [0.717, 1.165) is 17.7 Å². The van der Waals surface area contributed by atoms with Crippen molar-refractivity contribution < 1.29 is 27.1 Å². The van der Waals surface area contributed by atoms with Gasteiger partial charge in [0.15, 0.2) is 0 Å². The Labute approximate surface area is 168 Å². The number of nitrogens with zero attached hydrogens (tertiary/aromatic N) is 1. The molecule has 154 valence electrons. The van der Waals surface area contributed by atoms with Gasteiger partial charge in [-0.05, 0) is 54.8 Å².